The molecular formula is C19H19N3O2. The van der Waals surface area contributed by atoms with Crippen LogP contribution in [-0.4, -0.2) is 17.6 Å². The second-order valence-electron chi connectivity index (χ2n) is 5.36. The molecule has 2 rings (SSSR count). The smallest absolute Gasteiger partial charge is 0.267 e. The third-order valence-corrected chi connectivity index (χ3v) is 3.39. The third kappa shape index (κ3) is 5.18. The largest absolute Gasteiger partial charge is 0.508 e. The first-order valence-electron chi connectivity index (χ1n) is 7.58. The van der Waals surface area contributed by atoms with E-state index in [1.54, 1.807) is 12.1 Å². The number of amides is 1. The molecule has 0 aliphatic heterocycles. The van der Waals surface area contributed by atoms with Crippen LogP contribution in [0.5, 0.6) is 5.75 Å². The molecule has 3 N–H and O–H groups in total. The lowest BCUT2D eigenvalue weighted by molar-refractivity contribution is -0.112. The minimum Gasteiger partial charge on any atom is -0.508 e. The van der Waals surface area contributed by atoms with Gasteiger partial charge >= 0.3 is 0 Å². The lowest BCUT2D eigenvalue weighted by Crippen LogP contribution is -2.17. The minimum absolute atomic E-state index is 0.0257. The number of aromatic hydroxyl groups is 1. The maximum absolute atomic E-state index is 12.0. The van der Waals surface area contributed by atoms with Gasteiger partial charge in [-0.05, 0) is 31.0 Å². The Morgan fingerprint density at radius 3 is 2.67 bits per heavy atom. The molecular weight excluding hydrogens is 302 g/mol. The van der Waals surface area contributed by atoms with Gasteiger partial charge in [0.25, 0.3) is 5.91 Å². The summed E-state index contributed by atoms with van der Waals surface area (Å²) in [5.41, 5.74) is 2.80. The number of carbonyl (C=O) groups is 1. The Labute approximate surface area is 141 Å². The highest BCUT2D eigenvalue weighted by Crippen LogP contribution is 2.15. The monoisotopic (exact) mass is 321 g/mol. The molecule has 0 aliphatic carbocycles. The summed E-state index contributed by atoms with van der Waals surface area (Å²) in [7, 11) is 0. The highest BCUT2D eigenvalue weighted by Gasteiger charge is 2.09. The Morgan fingerprint density at radius 1 is 1.25 bits per heavy atom. The number of hydrogen-bond donors (Lipinski definition) is 3. The minimum atomic E-state index is -0.522. The van der Waals surface area contributed by atoms with Crippen LogP contribution in [0.25, 0.3) is 0 Å². The van der Waals surface area contributed by atoms with Gasteiger partial charge in [-0.25, -0.2) is 0 Å². The lowest BCUT2D eigenvalue weighted by atomic mass is 10.1. The van der Waals surface area contributed by atoms with Crippen molar-refractivity contribution in [2.75, 3.05) is 11.9 Å². The van der Waals surface area contributed by atoms with Gasteiger partial charge in [0.1, 0.15) is 17.4 Å². The van der Waals surface area contributed by atoms with Crippen molar-refractivity contribution in [3.8, 4) is 11.8 Å². The van der Waals surface area contributed by atoms with Gasteiger partial charge in [-0.2, -0.15) is 5.26 Å². The molecule has 122 valence electrons. The average molecular weight is 321 g/mol. The molecule has 1 amide bonds. The summed E-state index contributed by atoms with van der Waals surface area (Å²) in [6, 6.07) is 16.2. The van der Waals surface area contributed by atoms with Crippen LogP contribution in [0, 0.1) is 18.3 Å². The second kappa shape index (κ2) is 8.39. The summed E-state index contributed by atoms with van der Waals surface area (Å²) < 4.78 is 0. The number of aryl methyl sites for hydroxylation is 1. The van der Waals surface area contributed by atoms with Gasteiger partial charge in [-0.1, -0.05) is 35.9 Å². The molecule has 5 heteroatoms. The topological polar surface area (TPSA) is 85.2 Å². The van der Waals surface area contributed by atoms with Crippen molar-refractivity contribution in [1.29, 1.82) is 5.26 Å². The summed E-state index contributed by atoms with van der Waals surface area (Å²) in [5, 5.41) is 24.0. The number of nitriles is 1. The predicted octanol–water partition coefficient (Wildman–Crippen LogP) is 2.88. The van der Waals surface area contributed by atoms with Gasteiger partial charge in [0.15, 0.2) is 0 Å². The third-order valence-electron chi connectivity index (χ3n) is 3.39. The molecule has 5 nitrogen and oxygen atoms in total. The van der Waals surface area contributed by atoms with E-state index in [0.29, 0.717) is 12.2 Å². The highest BCUT2D eigenvalue weighted by molar-refractivity contribution is 6.06. The van der Waals surface area contributed by atoms with Crippen LogP contribution in [0.3, 0.4) is 0 Å². The van der Waals surface area contributed by atoms with Crippen molar-refractivity contribution >= 4 is 11.6 Å². The summed E-state index contributed by atoms with van der Waals surface area (Å²) >= 11 is 0. The summed E-state index contributed by atoms with van der Waals surface area (Å²) in [6.07, 6.45) is 2.20. The van der Waals surface area contributed by atoms with E-state index in [2.05, 4.69) is 34.9 Å². The normalized spacial score (nSPS) is 10.8. The van der Waals surface area contributed by atoms with Crippen molar-refractivity contribution in [1.82, 2.24) is 5.32 Å². The molecule has 0 aromatic heterocycles. The molecule has 0 aliphatic rings. The van der Waals surface area contributed by atoms with Crippen LogP contribution in [0.2, 0.25) is 0 Å². The van der Waals surface area contributed by atoms with Gasteiger partial charge in [-0.3, -0.25) is 4.79 Å². The maximum atomic E-state index is 12.0. The zero-order valence-electron chi connectivity index (χ0n) is 13.4. The molecule has 2 aromatic carbocycles. The van der Waals surface area contributed by atoms with E-state index >= 15 is 0 Å². The molecule has 0 heterocycles. The maximum Gasteiger partial charge on any atom is 0.267 e. The number of hydrogen-bond acceptors (Lipinski definition) is 4. The van der Waals surface area contributed by atoms with E-state index in [1.807, 2.05) is 13.0 Å². The van der Waals surface area contributed by atoms with Gasteiger partial charge in [0, 0.05) is 24.5 Å². The van der Waals surface area contributed by atoms with Gasteiger partial charge < -0.3 is 15.7 Å². The van der Waals surface area contributed by atoms with Crippen LogP contribution >= 0.6 is 0 Å². The van der Waals surface area contributed by atoms with Gasteiger partial charge in [-0.15, -0.1) is 0 Å². The van der Waals surface area contributed by atoms with Gasteiger partial charge in [0.05, 0.1) is 0 Å². The number of benzene rings is 2. The fraction of sp³-hybridized carbons (Fsp3) is 0.158. The van der Waals surface area contributed by atoms with E-state index in [9.17, 15) is 9.90 Å². The number of nitrogens with one attached hydrogen (secondary N) is 2. The summed E-state index contributed by atoms with van der Waals surface area (Å²) in [6.45, 7) is 2.66. The van der Waals surface area contributed by atoms with Crippen molar-refractivity contribution in [2.45, 2.75) is 13.3 Å². The van der Waals surface area contributed by atoms with E-state index < -0.39 is 5.91 Å². The fourth-order valence-corrected chi connectivity index (χ4v) is 2.08. The molecule has 0 fully saturated rings. The first-order chi connectivity index (χ1) is 11.6. The van der Waals surface area contributed by atoms with Crippen molar-refractivity contribution < 1.29 is 9.90 Å². The SMILES string of the molecule is Cc1ccc(CCN/C=C(/C#N)C(=O)Nc2cccc(O)c2)cc1. The molecule has 0 unspecified atom stereocenters. The van der Waals surface area contributed by atoms with E-state index in [0.717, 1.165) is 6.42 Å². The quantitative estimate of drug-likeness (QED) is 0.434. The van der Waals surface area contributed by atoms with E-state index in [4.69, 9.17) is 5.26 Å². The van der Waals surface area contributed by atoms with Crippen molar-refractivity contribution in [3.63, 3.8) is 0 Å². The van der Waals surface area contributed by atoms with E-state index in [1.165, 1.54) is 29.5 Å². The molecule has 0 atom stereocenters. The zero-order valence-corrected chi connectivity index (χ0v) is 13.4. The van der Waals surface area contributed by atoms with Gasteiger partial charge in [0.2, 0.25) is 0 Å². The van der Waals surface area contributed by atoms with Crippen LogP contribution in [0.15, 0.2) is 60.3 Å². The molecule has 24 heavy (non-hydrogen) atoms. The number of carbonyl (C=O) groups excluding carboxylic acids is 1. The fourth-order valence-electron chi connectivity index (χ4n) is 2.08. The number of anilines is 1. The molecule has 0 bridgehead atoms. The predicted molar refractivity (Wildman–Crippen MR) is 93.3 cm³/mol. The van der Waals surface area contributed by atoms with Crippen molar-refractivity contribution in [3.05, 3.63) is 71.4 Å². The standard InChI is InChI=1S/C19H19N3O2/c1-14-5-7-15(8-6-14)9-10-21-13-16(12-20)19(24)22-17-3-2-4-18(23)11-17/h2-8,11,13,21,23H,9-10H2,1H3,(H,22,24)/b16-13-. The Morgan fingerprint density at radius 2 is 2.00 bits per heavy atom. The lowest BCUT2D eigenvalue weighted by Gasteiger charge is -2.06. The summed E-state index contributed by atoms with van der Waals surface area (Å²) in [4.78, 5) is 12.0. The highest BCUT2D eigenvalue weighted by atomic mass is 16.3. The molecule has 0 saturated carbocycles. The number of nitrogens with zero attached hydrogens (tertiary/aromatic N) is 1. The zero-order chi connectivity index (χ0) is 17.4. The van der Waals surface area contributed by atoms with Crippen LogP contribution in [-0.2, 0) is 11.2 Å². The number of phenols is 1. The Bertz CT molecular complexity index is 774. The molecule has 0 radical (unpaired) electrons. The Kier molecular flexibility index (Phi) is 5.98. The second-order valence-corrected chi connectivity index (χ2v) is 5.36. The van der Waals surface area contributed by atoms with Crippen LogP contribution < -0.4 is 10.6 Å². The number of phenolic OH excluding ortho intramolecular Hbond substituents is 1. The molecule has 0 spiro atoms. The van der Waals surface area contributed by atoms with Crippen LogP contribution in [0.4, 0.5) is 5.69 Å². The van der Waals surface area contributed by atoms with Crippen LogP contribution in [0.1, 0.15) is 11.1 Å². The first-order valence-corrected chi connectivity index (χ1v) is 7.58. The van der Waals surface area contributed by atoms with E-state index in [-0.39, 0.29) is 11.3 Å². The average Bonchev–Trinajstić information content (AvgIpc) is 2.56. The molecule has 0 saturated heterocycles. The number of rotatable bonds is 6. The molecule has 2 aromatic rings. The first kappa shape index (κ1) is 17.1. The Balaban J connectivity index is 1.87. The Hall–Kier alpha value is -3.26. The van der Waals surface area contributed by atoms with Crippen molar-refractivity contribution in [2.24, 2.45) is 0 Å². The summed E-state index contributed by atoms with van der Waals surface area (Å²) in [5.74, 6) is -0.475.